The summed E-state index contributed by atoms with van der Waals surface area (Å²) >= 11 is 1.78. The predicted molar refractivity (Wildman–Crippen MR) is 66.9 cm³/mol. The standard InChI is InChI=1S/C11H17FN2S/c1-11(2,15-3)7-14-10-5-4-8(12)6-9(10)13/h4-6,14H,7,13H2,1-3H3. The Kier molecular flexibility index (Phi) is 3.85. The lowest BCUT2D eigenvalue weighted by molar-refractivity contribution is 0.628. The summed E-state index contributed by atoms with van der Waals surface area (Å²) in [5.41, 5.74) is 6.92. The molecule has 1 rings (SSSR count). The molecule has 0 unspecified atom stereocenters. The van der Waals surface area contributed by atoms with Crippen molar-refractivity contribution in [3.8, 4) is 0 Å². The van der Waals surface area contributed by atoms with Crippen molar-refractivity contribution < 1.29 is 4.39 Å². The zero-order valence-corrected chi connectivity index (χ0v) is 10.1. The van der Waals surface area contributed by atoms with Gasteiger partial charge in [0.2, 0.25) is 0 Å². The fourth-order valence-corrected chi connectivity index (χ4v) is 1.29. The average Bonchev–Trinajstić information content (AvgIpc) is 2.16. The zero-order valence-electron chi connectivity index (χ0n) is 9.30. The van der Waals surface area contributed by atoms with Crippen molar-refractivity contribution in [1.82, 2.24) is 0 Å². The Hall–Kier alpha value is -0.900. The maximum absolute atomic E-state index is 12.8. The molecule has 0 fully saturated rings. The highest BCUT2D eigenvalue weighted by Gasteiger charge is 2.15. The summed E-state index contributed by atoms with van der Waals surface area (Å²) in [6.45, 7) is 5.08. The number of halogens is 1. The minimum absolute atomic E-state index is 0.140. The topological polar surface area (TPSA) is 38.0 Å². The van der Waals surface area contributed by atoms with Gasteiger partial charge in [-0.15, -0.1) is 0 Å². The molecule has 0 aliphatic carbocycles. The largest absolute Gasteiger partial charge is 0.397 e. The van der Waals surface area contributed by atoms with Gasteiger partial charge in [-0.1, -0.05) is 0 Å². The second-order valence-electron chi connectivity index (χ2n) is 4.05. The third kappa shape index (κ3) is 3.63. The molecule has 0 bridgehead atoms. The summed E-state index contributed by atoms with van der Waals surface area (Å²) in [7, 11) is 0. The molecule has 0 saturated carbocycles. The maximum Gasteiger partial charge on any atom is 0.125 e. The van der Waals surface area contributed by atoms with Crippen LogP contribution in [0, 0.1) is 5.82 Å². The SMILES string of the molecule is CSC(C)(C)CNc1ccc(F)cc1N. The van der Waals surface area contributed by atoms with Gasteiger partial charge in [-0.05, 0) is 38.3 Å². The fraction of sp³-hybridized carbons (Fsp3) is 0.455. The molecule has 1 aromatic carbocycles. The van der Waals surface area contributed by atoms with E-state index < -0.39 is 0 Å². The number of hydrogen-bond donors (Lipinski definition) is 2. The van der Waals surface area contributed by atoms with Gasteiger partial charge in [0.15, 0.2) is 0 Å². The van der Waals surface area contributed by atoms with E-state index in [0.29, 0.717) is 5.69 Å². The number of benzene rings is 1. The van der Waals surface area contributed by atoms with Crippen LogP contribution in [-0.4, -0.2) is 17.5 Å². The summed E-state index contributed by atoms with van der Waals surface area (Å²) in [4.78, 5) is 0. The Labute approximate surface area is 94.4 Å². The number of hydrogen-bond acceptors (Lipinski definition) is 3. The number of anilines is 2. The lowest BCUT2D eigenvalue weighted by atomic mass is 10.2. The first-order valence-electron chi connectivity index (χ1n) is 4.79. The van der Waals surface area contributed by atoms with Crippen LogP contribution in [-0.2, 0) is 0 Å². The van der Waals surface area contributed by atoms with Crippen LogP contribution < -0.4 is 11.1 Å². The van der Waals surface area contributed by atoms with Gasteiger partial charge in [-0.3, -0.25) is 0 Å². The van der Waals surface area contributed by atoms with Crippen LogP contribution in [0.25, 0.3) is 0 Å². The molecule has 3 N–H and O–H groups in total. The van der Waals surface area contributed by atoms with E-state index in [-0.39, 0.29) is 10.6 Å². The van der Waals surface area contributed by atoms with Gasteiger partial charge in [-0.2, -0.15) is 11.8 Å². The normalized spacial score (nSPS) is 11.5. The van der Waals surface area contributed by atoms with E-state index in [0.717, 1.165) is 12.2 Å². The first-order valence-corrected chi connectivity index (χ1v) is 6.01. The highest BCUT2D eigenvalue weighted by atomic mass is 32.2. The van der Waals surface area contributed by atoms with Crippen molar-refractivity contribution in [3.63, 3.8) is 0 Å². The number of nitrogen functional groups attached to an aromatic ring is 1. The molecule has 0 heterocycles. The van der Waals surface area contributed by atoms with Crippen LogP contribution in [0.1, 0.15) is 13.8 Å². The quantitative estimate of drug-likeness (QED) is 0.778. The Bertz CT molecular complexity index is 339. The number of thioether (sulfide) groups is 1. The van der Waals surface area contributed by atoms with Crippen molar-refractivity contribution >= 4 is 23.1 Å². The van der Waals surface area contributed by atoms with Crippen LogP contribution in [0.5, 0.6) is 0 Å². The maximum atomic E-state index is 12.8. The van der Waals surface area contributed by atoms with E-state index in [4.69, 9.17) is 5.73 Å². The minimum Gasteiger partial charge on any atom is -0.397 e. The highest BCUT2D eigenvalue weighted by molar-refractivity contribution is 7.99. The Morgan fingerprint density at radius 2 is 2.13 bits per heavy atom. The molecule has 0 spiro atoms. The molecular formula is C11H17FN2S. The van der Waals surface area contributed by atoms with Gasteiger partial charge in [-0.25, -0.2) is 4.39 Å². The van der Waals surface area contributed by atoms with Crippen LogP contribution in [0.2, 0.25) is 0 Å². The number of nitrogens with two attached hydrogens (primary N) is 1. The van der Waals surface area contributed by atoms with Crippen LogP contribution in [0.3, 0.4) is 0 Å². The lowest BCUT2D eigenvalue weighted by Crippen LogP contribution is -2.26. The van der Waals surface area contributed by atoms with E-state index in [1.807, 2.05) is 0 Å². The predicted octanol–water partition coefficient (Wildman–Crippen LogP) is 2.96. The van der Waals surface area contributed by atoms with Gasteiger partial charge in [0.05, 0.1) is 11.4 Å². The van der Waals surface area contributed by atoms with Gasteiger partial charge in [0.1, 0.15) is 5.82 Å². The molecule has 0 amide bonds. The second kappa shape index (κ2) is 4.75. The van der Waals surface area contributed by atoms with Crippen LogP contribution in [0.15, 0.2) is 18.2 Å². The molecule has 0 aliphatic heterocycles. The summed E-state index contributed by atoms with van der Waals surface area (Å²) in [6.07, 6.45) is 2.07. The van der Waals surface area contributed by atoms with E-state index in [2.05, 4.69) is 25.4 Å². The molecule has 0 saturated heterocycles. The molecular weight excluding hydrogens is 211 g/mol. The minimum atomic E-state index is -0.304. The van der Waals surface area contributed by atoms with Crippen molar-refractivity contribution in [3.05, 3.63) is 24.0 Å². The molecule has 4 heteroatoms. The first-order chi connectivity index (χ1) is 6.94. The molecule has 1 aromatic rings. The molecule has 2 nitrogen and oxygen atoms in total. The van der Waals surface area contributed by atoms with Crippen molar-refractivity contribution in [2.45, 2.75) is 18.6 Å². The summed E-state index contributed by atoms with van der Waals surface area (Å²) in [5.74, 6) is -0.304. The summed E-state index contributed by atoms with van der Waals surface area (Å²) in [5, 5.41) is 3.22. The zero-order chi connectivity index (χ0) is 11.5. The van der Waals surface area contributed by atoms with E-state index in [9.17, 15) is 4.39 Å². The average molecular weight is 228 g/mol. The molecule has 15 heavy (non-hydrogen) atoms. The third-order valence-corrected chi connectivity index (χ3v) is 3.52. The fourth-order valence-electron chi connectivity index (χ4n) is 1.07. The van der Waals surface area contributed by atoms with Gasteiger partial charge < -0.3 is 11.1 Å². The van der Waals surface area contributed by atoms with E-state index in [1.165, 1.54) is 12.1 Å². The highest BCUT2D eigenvalue weighted by Crippen LogP contribution is 2.24. The van der Waals surface area contributed by atoms with E-state index >= 15 is 0 Å². The molecule has 0 atom stereocenters. The monoisotopic (exact) mass is 228 g/mol. The third-order valence-electron chi connectivity index (χ3n) is 2.27. The second-order valence-corrected chi connectivity index (χ2v) is 5.56. The van der Waals surface area contributed by atoms with Gasteiger partial charge in [0, 0.05) is 11.3 Å². The lowest BCUT2D eigenvalue weighted by Gasteiger charge is -2.23. The number of rotatable bonds is 4. The summed E-state index contributed by atoms with van der Waals surface area (Å²) < 4.78 is 12.9. The Morgan fingerprint density at radius 3 is 2.67 bits per heavy atom. The Morgan fingerprint density at radius 1 is 1.47 bits per heavy atom. The molecule has 0 aliphatic rings. The van der Waals surface area contributed by atoms with Crippen LogP contribution >= 0.6 is 11.8 Å². The Balaban J connectivity index is 2.66. The number of nitrogens with one attached hydrogen (secondary N) is 1. The first kappa shape index (κ1) is 12.2. The van der Waals surface area contributed by atoms with Crippen LogP contribution in [0.4, 0.5) is 15.8 Å². The van der Waals surface area contributed by atoms with E-state index in [1.54, 1.807) is 17.8 Å². The van der Waals surface area contributed by atoms with Gasteiger partial charge in [0.25, 0.3) is 0 Å². The van der Waals surface area contributed by atoms with Crippen molar-refractivity contribution in [2.24, 2.45) is 0 Å². The van der Waals surface area contributed by atoms with Crippen molar-refractivity contribution in [2.75, 3.05) is 23.9 Å². The summed E-state index contributed by atoms with van der Waals surface area (Å²) in [6, 6.07) is 4.40. The molecule has 84 valence electrons. The smallest absolute Gasteiger partial charge is 0.125 e. The van der Waals surface area contributed by atoms with Gasteiger partial charge >= 0.3 is 0 Å². The van der Waals surface area contributed by atoms with Crippen molar-refractivity contribution in [1.29, 1.82) is 0 Å². The molecule has 0 aromatic heterocycles. The molecule has 0 radical (unpaired) electrons.